The molecule has 0 amide bonds. The molecular formula is C6H16N4O2Pb. The maximum atomic E-state index is 10.2. The SMILES string of the molecule is N=C(N)NCCCC(N)C(=O)O.[PbH2]. The molecule has 0 aliphatic rings. The Morgan fingerprint density at radius 2 is 2.15 bits per heavy atom. The summed E-state index contributed by atoms with van der Waals surface area (Å²) in [6.07, 6.45) is 0.975. The average molecular weight is 383 g/mol. The van der Waals surface area contributed by atoms with E-state index in [1.165, 1.54) is 0 Å². The number of hydrogen-bond acceptors (Lipinski definition) is 3. The third kappa shape index (κ3) is 9.54. The monoisotopic (exact) mass is 384 g/mol. The van der Waals surface area contributed by atoms with Gasteiger partial charge in [-0.2, -0.15) is 0 Å². The molecule has 0 saturated carbocycles. The number of nitrogens with one attached hydrogen (secondary N) is 2. The molecule has 1 unspecified atom stereocenters. The Bertz CT molecular complexity index is 176. The van der Waals surface area contributed by atoms with E-state index in [0.29, 0.717) is 19.4 Å². The molecule has 0 fully saturated rings. The van der Waals surface area contributed by atoms with Crippen LogP contribution in [0.5, 0.6) is 0 Å². The molecule has 0 saturated heterocycles. The molecule has 0 spiro atoms. The van der Waals surface area contributed by atoms with Crippen molar-refractivity contribution >= 4 is 39.2 Å². The zero-order valence-corrected chi connectivity index (χ0v) is 12.9. The van der Waals surface area contributed by atoms with Gasteiger partial charge in [-0.1, -0.05) is 0 Å². The molecule has 0 bridgehead atoms. The van der Waals surface area contributed by atoms with Crippen LogP contribution in [0.15, 0.2) is 0 Å². The van der Waals surface area contributed by atoms with Crippen LogP contribution in [-0.4, -0.2) is 56.9 Å². The van der Waals surface area contributed by atoms with Crippen LogP contribution < -0.4 is 16.8 Å². The second-order valence-electron chi connectivity index (χ2n) is 2.43. The van der Waals surface area contributed by atoms with Crippen LogP contribution in [0.3, 0.4) is 0 Å². The van der Waals surface area contributed by atoms with Crippen molar-refractivity contribution < 1.29 is 9.90 Å². The van der Waals surface area contributed by atoms with Crippen molar-refractivity contribution in [3.05, 3.63) is 0 Å². The van der Waals surface area contributed by atoms with Crippen LogP contribution in [0, 0.1) is 5.41 Å². The van der Waals surface area contributed by atoms with Gasteiger partial charge in [0.05, 0.1) is 0 Å². The Labute approximate surface area is 96.7 Å². The van der Waals surface area contributed by atoms with Crippen LogP contribution >= 0.6 is 0 Å². The van der Waals surface area contributed by atoms with E-state index in [0.717, 1.165) is 0 Å². The molecule has 0 aromatic rings. The molecule has 0 aliphatic heterocycles. The fourth-order valence-electron chi connectivity index (χ4n) is 0.669. The van der Waals surface area contributed by atoms with Gasteiger partial charge in [-0.3, -0.25) is 10.2 Å². The van der Waals surface area contributed by atoms with Crippen molar-refractivity contribution in [2.75, 3.05) is 6.54 Å². The van der Waals surface area contributed by atoms with Crippen molar-refractivity contribution in [1.82, 2.24) is 5.32 Å². The van der Waals surface area contributed by atoms with E-state index in [1.807, 2.05) is 0 Å². The van der Waals surface area contributed by atoms with Crippen molar-refractivity contribution in [2.45, 2.75) is 18.9 Å². The summed E-state index contributed by atoms with van der Waals surface area (Å²) in [6, 6.07) is -0.821. The zero-order valence-electron chi connectivity index (χ0n) is 7.42. The van der Waals surface area contributed by atoms with Gasteiger partial charge in [0, 0.05) is 6.54 Å². The topological polar surface area (TPSA) is 125 Å². The summed E-state index contributed by atoms with van der Waals surface area (Å²) < 4.78 is 0. The fourth-order valence-corrected chi connectivity index (χ4v) is 0.669. The number of nitrogens with two attached hydrogens (primary N) is 2. The molecule has 0 aromatic heterocycles. The molecule has 13 heavy (non-hydrogen) atoms. The van der Waals surface area contributed by atoms with Crippen LogP contribution in [0.25, 0.3) is 0 Å². The molecule has 0 aromatic carbocycles. The number of hydrogen-bond donors (Lipinski definition) is 5. The third-order valence-corrected chi connectivity index (χ3v) is 1.32. The summed E-state index contributed by atoms with van der Waals surface area (Å²) in [5.41, 5.74) is 10.2. The van der Waals surface area contributed by atoms with Crippen LogP contribution in [0.1, 0.15) is 12.8 Å². The minimum absolute atomic E-state index is 0. The van der Waals surface area contributed by atoms with Gasteiger partial charge in [-0.25, -0.2) is 0 Å². The van der Waals surface area contributed by atoms with Gasteiger partial charge in [0.25, 0.3) is 0 Å². The molecule has 7 heteroatoms. The molecule has 0 aliphatic carbocycles. The van der Waals surface area contributed by atoms with Gasteiger partial charge >= 0.3 is 33.3 Å². The Morgan fingerprint density at radius 3 is 2.54 bits per heavy atom. The van der Waals surface area contributed by atoms with E-state index < -0.39 is 12.0 Å². The van der Waals surface area contributed by atoms with E-state index >= 15 is 0 Å². The summed E-state index contributed by atoms with van der Waals surface area (Å²) in [5.74, 6) is -1.11. The van der Waals surface area contributed by atoms with Gasteiger partial charge in [0.15, 0.2) is 5.96 Å². The van der Waals surface area contributed by atoms with Crippen LogP contribution in [0.4, 0.5) is 0 Å². The quantitative estimate of drug-likeness (QED) is 0.159. The van der Waals surface area contributed by atoms with E-state index in [2.05, 4.69) is 5.32 Å². The van der Waals surface area contributed by atoms with Crippen LogP contribution in [0.2, 0.25) is 0 Å². The first-order valence-electron chi connectivity index (χ1n) is 3.60. The zero-order chi connectivity index (χ0) is 9.56. The second-order valence-corrected chi connectivity index (χ2v) is 2.43. The average Bonchev–Trinajstić information content (AvgIpc) is 1.97. The van der Waals surface area contributed by atoms with Gasteiger partial charge in [0.2, 0.25) is 0 Å². The van der Waals surface area contributed by atoms with Crippen molar-refractivity contribution in [2.24, 2.45) is 11.5 Å². The third-order valence-electron chi connectivity index (χ3n) is 1.32. The van der Waals surface area contributed by atoms with E-state index in [9.17, 15) is 4.79 Å². The Morgan fingerprint density at radius 1 is 1.62 bits per heavy atom. The van der Waals surface area contributed by atoms with Crippen LogP contribution in [-0.2, 0) is 4.79 Å². The first kappa shape index (κ1) is 15.1. The number of aliphatic carboxylic acids is 1. The summed E-state index contributed by atoms with van der Waals surface area (Å²) in [4.78, 5) is 10.2. The molecule has 0 heterocycles. The molecular weight excluding hydrogens is 367 g/mol. The standard InChI is InChI=1S/C6H14N4O2.Pb.2H/c7-4(5(11)12)2-1-3-10-6(8)9;;;/h4H,1-3,7H2,(H,11,12)(H4,8,9,10);;;. The van der Waals surface area contributed by atoms with E-state index in [4.69, 9.17) is 22.0 Å². The van der Waals surface area contributed by atoms with Crippen molar-refractivity contribution in [1.29, 1.82) is 5.41 Å². The summed E-state index contributed by atoms with van der Waals surface area (Å²) in [5, 5.41) is 17.7. The first-order valence-corrected chi connectivity index (χ1v) is 3.60. The number of carbonyl (C=O) groups is 1. The fraction of sp³-hybridized carbons (Fsp3) is 0.667. The molecule has 6 nitrogen and oxygen atoms in total. The predicted octanol–water partition coefficient (Wildman–Crippen LogP) is -2.25. The second kappa shape index (κ2) is 8.23. The van der Waals surface area contributed by atoms with E-state index in [1.54, 1.807) is 0 Å². The predicted molar refractivity (Wildman–Crippen MR) is 53.3 cm³/mol. The molecule has 2 radical (unpaired) electrons. The van der Waals surface area contributed by atoms with Gasteiger partial charge < -0.3 is 21.9 Å². The van der Waals surface area contributed by atoms with Crippen molar-refractivity contribution in [3.8, 4) is 0 Å². The van der Waals surface area contributed by atoms with Gasteiger partial charge in [-0.15, -0.1) is 0 Å². The Hall–Kier alpha value is -0.378. The summed E-state index contributed by atoms with van der Waals surface area (Å²) in [7, 11) is 0. The van der Waals surface area contributed by atoms with Gasteiger partial charge in [0.1, 0.15) is 6.04 Å². The van der Waals surface area contributed by atoms with Gasteiger partial charge in [-0.05, 0) is 12.8 Å². The number of rotatable bonds is 5. The number of guanidine groups is 1. The minimum atomic E-state index is -1.00. The maximum absolute atomic E-state index is 10.2. The molecule has 76 valence electrons. The normalized spacial score (nSPS) is 11.2. The first-order chi connectivity index (χ1) is 5.54. The summed E-state index contributed by atoms with van der Waals surface area (Å²) >= 11 is 0. The summed E-state index contributed by atoms with van der Waals surface area (Å²) in [6.45, 7) is 0.482. The molecule has 0 rings (SSSR count). The van der Waals surface area contributed by atoms with E-state index in [-0.39, 0.29) is 33.3 Å². The Kier molecular flexibility index (Phi) is 9.57. The number of carboxylic acid groups (broad SMARTS) is 1. The molecule has 7 N–H and O–H groups in total. The number of carboxylic acids is 1. The Balaban J connectivity index is 0. The van der Waals surface area contributed by atoms with Crippen molar-refractivity contribution in [3.63, 3.8) is 0 Å². The molecule has 1 atom stereocenters.